The minimum absolute atomic E-state index is 0.0696. The predicted molar refractivity (Wildman–Crippen MR) is 73.6 cm³/mol. The third-order valence-corrected chi connectivity index (χ3v) is 5.33. The SMILES string of the molecule is CCC1(CNS(=O)(=O)c2ccc(C(C)=O)cc2)CC1. The van der Waals surface area contributed by atoms with Gasteiger partial charge in [-0.1, -0.05) is 19.1 Å². The summed E-state index contributed by atoms with van der Waals surface area (Å²) in [6, 6.07) is 6.04. The number of benzene rings is 1. The standard InChI is InChI=1S/C14H19NO3S/c1-3-14(8-9-14)10-15-19(17,18)13-6-4-12(5-7-13)11(2)16/h4-7,15H,3,8-10H2,1-2H3. The van der Waals surface area contributed by atoms with Crippen LogP contribution in [0.2, 0.25) is 0 Å². The van der Waals surface area contributed by atoms with E-state index in [0.717, 1.165) is 19.3 Å². The molecule has 0 atom stereocenters. The molecular formula is C14H19NO3S. The summed E-state index contributed by atoms with van der Waals surface area (Å²) in [5.41, 5.74) is 0.693. The first-order valence-corrected chi connectivity index (χ1v) is 7.98. The number of ketones is 1. The van der Waals surface area contributed by atoms with Crippen molar-refractivity contribution in [3.63, 3.8) is 0 Å². The van der Waals surface area contributed by atoms with Gasteiger partial charge < -0.3 is 0 Å². The van der Waals surface area contributed by atoms with Gasteiger partial charge in [-0.3, -0.25) is 4.79 Å². The minimum Gasteiger partial charge on any atom is -0.295 e. The third-order valence-electron chi connectivity index (χ3n) is 3.92. The van der Waals surface area contributed by atoms with E-state index in [1.165, 1.54) is 19.1 Å². The average Bonchev–Trinajstić information content (AvgIpc) is 3.17. The summed E-state index contributed by atoms with van der Waals surface area (Å²) in [7, 11) is -3.47. The van der Waals surface area contributed by atoms with E-state index in [-0.39, 0.29) is 16.1 Å². The summed E-state index contributed by atoms with van der Waals surface area (Å²) >= 11 is 0. The number of carbonyl (C=O) groups is 1. The second kappa shape index (κ2) is 5.06. The molecule has 1 aliphatic rings. The zero-order chi connectivity index (χ0) is 14.1. The first kappa shape index (κ1) is 14.2. The molecule has 4 nitrogen and oxygen atoms in total. The molecule has 0 unspecified atom stereocenters. The van der Waals surface area contributed by atoms with Crippen LogP contribution in [-0.2, 0) is 10.0 Å². The zero-order valence-corrected chi connectivity index (χ0v) is 12.1. The van der Waals surface area contributed by atoms with Gasteiger partial charge in [-0.25, -0.2) is 13.1 Å². The Morgan fingerprint density at radius 1 is 1.26 bits per heavy atom. The van der Waals surface area contributed by atoms with Gasteiger partial charge in [-0.2, -0.15) is 0 Å². The summed E-state index contributed by atoms with van der Waals surface area (Å²) in [6.45, 7) is 4.04. The number of carbonyl (C=O) groups excluding carboxylic acids is 1. The van der Waals surface area contributed by atoms with Crippen molar-refractivity contribution in [3.8, 4) is 0 Å². The van der Waals surface area contributed by atoms with Gasteiger partial charge in [0.25, 0.3) is 0 Å². The fourth-order valence-corrected chi connectivity index (χ4v) is 3.19. The van der Waals surface area contributed by atoms with Gasteiger partial charge in [-0.15, -0.1) is 0 Å². The van der Waals surface area contributed by atoms with Crippen LogP contribution >= 0.6 is 0 Å². The Balaban J connectivity index is 2.08. The molecule has 1 fully saturated rings. The molecule has 0 radical (unpaired) electrons. The predicted octanol–water partition coefficient (Wildman–Crippen LogP) is 2.36. The fraction of sp³-hybridized carbons (Fsp3) is 0.500. The van der Waals surface area contributed by atoms with E-state index in [1.54, 1.807) is 12.1 Å². The van der Waals surface area contributed by atoms with E-state index in [9.17, 15) is 13.2 Å². The Morgan fingerprint density at radius 2 is 1.84 bits per heavy atom. The molecule has 19 heavy (non-hydrogen) atoms. The van der Waals surface area contributed by atoms with Crippen molar-refractivity contribution >= 4 is 15.8 Å². The van der Waals surface area contributed by atoms with Crippen LogP contribution in [-0.4, -0.2) is 20.7 Å². The van der Waals surface area contributed by atoms with E-state index in [2.05, 4.69) is 11.6 Å². The number of Topliss-reactive ketones (excluding diaryl/α,β-unsaturated/α-hetero) is 1. The van der Waals surface area contributed by atoms with E-state index in [0.29, 0.717) is 12.1 Å². The molecular weight excluding hydrogens is 262 g/mol. The lowest BCUT2D eigenvalue weighted by Crippen LogP contribution is -2.30. The van der Waals surface area contributed by atoms with Crippen LogP contribution in [0.25, 0.3) is 0 Å². The molecule has 2 rings (SSSR count). The van der Waals surface area contributed by atoms with Crippen LogP contribution < -0.4 is 4.72 Å². The Kier molecular flexibility index (Phi) is 3.78. The number of sulfonamides is 1. The van der Waals surface area contributed by atoms with Crippen molar-refractivity contribution in [2.45, 2.75) is 38.0 Å². The molecule has 1 aromatic carbocycles. The molecule has 0 heterocycles. The van der Waals surface area contributed by atoms with Gasteiger partial charge >= 0.3 is 0 Å². The minimum atomic E-state index is -3.47. The molecule has 0 aliphatic heterocycles. The summed E-state index contributed by atoms with van der Waals surface area (Å²) < 4.78 is 26.9. The van der Waals surface area contributed by atoms with E-state index in [4.69, 9.17) is 0 Å². The molecule has 5 heteroatoms. The second-order valence-corrected chi connectivity index (χ2v) is 7.03. The summed E-state index contributed by atoms with van der Waals surface area (Å²) in [6.07, 6.45) is 3.18. The highest BCUT2D eigenvalue weighted by molar-refractivity contribution is 7.89. The van der Waals surface area contributed by atoms with Crippen LogP contribution in [0.1, 0.15) is 43.5 Å². The maximum atomic E-state index is 12.1. The van der Waals surface area contributed by atoms with Gasteiger partial charge in [0, 0.05) is 12.1 Å². The maximum Gasteiger partial charge on any atom is 0.240 e. The molecule has 1 aromatic rings. The highest BCUT2D eigenvalue weighted by atomic mass is 32.2. The number of hydrogen-bond acceptors (Lipinski definition) is 3. The lowest BCUT2D eigenvalue weighted by Gasteiger charge is -2.13. The first-order chi connectivity index (χ1) is 8.88. The van der Waals surface area contributed by atoms with Gasteiger partial charge in [0.15, 0.2) is 5.78 Å². The van der Waals surface area contributed by atoms with E-state index < -0.39 is 10.0 Å². The third kappa shape index (κ3) is 3.22. The number of rotatable bonds is 6. The lowest BCUT2D eigenvalue weighted by molar-refractivity contribution is 0.101. The monoisotopic (exact) mass is 281 g/mol. The molecule has 0 spiro atoms. The Morgan fingerprint density at radius 3 is 2.26 bits per heavy atom. The van der Waals surface area contributed by atoms with Crippen molar-refractivity contribution in [2.24, 2.45) is 5.41 Å². The topological polar surface area (TPSA) is 63.2 Å². The highest BCUT2D eigenvalue weighted by Gasteiger charge is 2.41. The van der Waals surface area contributed by atoms with Crippen molar-refractivity contribution < 1.29 is 13.2 Å². The second-order valence-electron chi connectivity index (χ2n) is 5.26. The largest absolute Gasteiger partial charge is 0.295 e. The summed E-state index contributed by atoms with van der Waals surface area (Å²) in [4.78, 5) is 11.4. The number of hydrogen-bond donors (Lipinski definition) is 1. The van der Waals surface area contributed by atoms with Gasteiger partial charge in [-0.05, 0) is 43.7 Å². The highest BCUT2D eigenvalue weighted by Crippen LogP contribution is 2.48. The van der Waals surface area contributed by atoms with Crippen molar-refractivity contribution in [3.05, 3.63) is 29.8 Å². The van der Waals surface area contributed by atoms with Crippen LogP contribution in [0.3, 0.4) is 0 Å². The molecule has 104 valence electrons. The van der Waals surface area contributed by atoms with E-state index in [1.807, 2.05) is 0 Å². The average molecular weight is 281 g/mol. The van der Waals surface area contributed by atoms with Crippen molar-refractivity contribution in [2.75, 3.05) is 6.54 Å². The number of nitrogens with one attached hydrogen (secondary N) is 1. The van der Waals surface area contributed by atoms with Crippen LogP contribution in [0, 0.1) is 5.41 Å². The van der Waals surface area contributed by atoms with Gasteiger partial charge in [0.1, 0.15) is 0 Å². The van der Waals surface area contributed by atoms with Crippen LogP contribution in [0.4, 0.5) is 0 Å². The van der Waals surface area contributed by atoms with Crippen molar-refractivity contribution in [1.82, 2.24) is 4.72 Å². The normalized spacial score (nSPS) is 17.2. The molecule has 0 aromatic heterocycles. The maximum absolute atomic E-state index is 12.1. The quantitative estimate of drug-likeness (QED) is 0.814. The molecule has 0 bridgehead atoms. The smallest absolute Gasteiger partial charge is 0.240 e. The van der Waals surface area contributed by atoms with Gasteiger partial charge in [0.05, 0.1) is 4.90 Å². The molecule has 1 N–H and O–H groups in total. The first-order valence-electron chi connectivity index (χ1n) is 6.49. The van der Waals surface area contributed by atoms with Crippen LogP contribution in [0.5, 0.6) is 0 Å². The van der Waals surface area contributed by atoms with E-state index >= 15 is 0 Å². The van der Waals surface area contributed by atoms with Crippen molar-refractivity contribution in [1.29, 1.82) is 0 Å². The summed E-state index contributed by atoms with van der Waals surface area (Å²) in [5.74, 6) is -0.0696. The zero-order valence-electron chi connectivity index (χ0n) is 11.3. The lowest BCUT2D eigenvalue weighted by atomic mass is 10.1. The summed E-state index contributed by atoms with van der Waals surface area (Å²) in [5, 5.41) is 0. The van der Waals surface area contributed by atoms with Crippen LogP contribution in [0.15, 0.2) is 29.2 Å². The molecule has 1 saturated carbocycles. The molecule has 0 amide bonds. The van der Waals surface area contributed by atoms with Gasteiger partial charge in [0.2, 0.25) is 10.0 Å². The Hall–Kier alpha value is -1.20. The molecule has 1 aliphatic carbocycles. The molecule has 0 saturated heterocycles. The Bertz CT molecular complexity index is 571. The fourth-order valence-electron chi connectivity index (χ4n) is 2.03. The Labute approximate surface area is 114 Å².